The molecule has 192 valence electrons. The molecular weight excluding hydrogens is 436 g/mol. The van der Waals surface area contributed by atoms with Crippen LogP contribution in [0.2, 0.25) is 0 Å². The largest absolute Gasteiger partial charge is 0.393 e. The number of hydrogen-bond acceptors (Lipinski definition) is 4. The van der Waals surface area contributed by atoms with E-state index in [1.54, 1.807) is 0 Å². The summed E-state index contributed by atoms with van der Waals surface area (Å²) in [5.41, 5.74) is 1.61. The second-order valence-corrected chi connectivity index (χ2v) is 11.8. The maximum atomic E-state index is 13.1. The average molecular weight is 480 g/mol. The Morgan fingerprint density at radius 3 is 2.53 bits per heavy atom. The number of fused-ring (bicyclic) bond motifs is 1. The summed E-state index contributed by atoms with van der Waals surface area (Å²) in [6.07, 6.45) is 7.57. The lowest BCUT2D eigenvalue weighted by Gasteiger charge is -2.46. The van der Waals surface area contributed by atoms with Crippen molar-refractivity contribution in [1.29, 1.82) is 0 Å². The number of allylic oxidation sites excluding steroid dienone is 3. The summed E-state index contributed by atoms with van der Waals surface area (Å²) in [5.74, 6) is 1.62. The van der Waals surface area contributed by atoms with E-state index in [1.807, 2.05) is 0 Å². The van der Waals surface area contributed by atoms with Crippen LogP contribution in [0.25, 0.3) is 0 Å². The maximum Gasteiger partial charge on any atom is 0.266 e. The Morgan fingerprint density at radius 1 is 1.15 bits per heavy atom. The van der Waals surface area contributed by atoms with E-state index in [-0.39, 0.29) is 18.3 Å². The molecule has 6 atom stereocenters. The molecule has 1 saturated heterocycles. The Bertz CT molecular complexity index is 816. The standard InChI is InChI=1S/C28H43F2NO3/c1-18(17-31-13-11-28(34,12-14-31)26(29)30)23-8-9-24-20(5-4-10-27(23,24)3)6-7-21-15-22(32)16-25(33)19(21)2/h6-7,18,22-26,32-34H,2,4-5,8-17H2,1,3H3/b20-6+,21-7-/t18-,22+,23+,24?,25-,27+/m0/s1. The second-order valence-electron chi connectivity index (χ2n) is 11.8. The molecule has 3 aliphatic carbocycles. The van der Waals surface area contributed by atoms with Crippen molar-refractivity contribution in [2.75, 3.05) is 19.6 Å². The number of likely N-dealkylation sites (tertiary alicyclic amines) is 1. The predicted molar refractivity (Wildman–Crippen MR) is 131 cm³/mol. The van der Waals surface area contributed by atoms with E-state index >= 15 is 0 Å². The molecule has 1 heterocycles. The van der Waals surface area contributed by atoms with Gasteiger partial charge in [-0.25, -0.2) is 8.78 Å². The van der Waals surface area contributed by atoms with Crippen LogP contribution in [-0.4, -0.2) is 64.1 Å². The monoisotopic (exact) mass is 479 g/mol. The number of piperidine rings is 1. The van der Waals surface area contributed by atoms with Crippen LogP contribution in [0.3, 0.4) is 0 Å². The Kier molecular flexibility index (Phi) is 7.74. The average Bonchev–Trinajstić information content (AvgIpc) is 3.14. The molecule has 4 nitrogen and oxygen atoms in total. The number of nitrogens with zero attached hydrogens (tertiary/aromatic N) is 1. The maximum absolute atomic E-state index is 13.1. The molecule has 6 heteroatoms. The molecule has 4 rings (SSSR count). The van der Waals surface area contributed by atoms with Gasteiger partial charge < -0.3 is 20.2 Å². The first-order valence-corrected chi connectivity index (χ1v) is 13.2. The predicted octanol–water partition coefficient (Wildman–Crippen LogP) is 4.86. The Balaban J connectivity index is 1.42. The fourth-order valence-corrected chi connectivity index (χ4v) is 7.55. The van der Waals surface area contributed by atoms with Crippen molar-refractivity contribution in [2.45, 2.75) is 95.9 Å². The van der Waals surface area contributed by atoms with Crippen LogP contribution in [0.15, 0.2) is 35.5 Å². The number of aliphatic hydroxyl groups is 3. The zero-order chi connectivity index (χ0) is 24.7. The highest BCUT2D eigenvalue weighted by Gasteiger charge is 2.51. The van der Waals surface area contributed by atoms with Gasteiger partial charge in [-0.3, -0.25) is 0 Å². The van der Waals surface area contributed by atoms with Crippen molar-refractivity contribution in [1.82, 2.24) is 4.90 Å². The lowest BCUT2D eigenvalue weighted by atomic mass is 9.61. The van der Waals surface area contributed by atoms with E-state index in [9.17, 15) is 24.1 Å². The number of hydrogen-bond donors (Lipinski definition) is 3. The van der Waals surface area contributed by atoms with Crippen molar-refractivity contribution in [3.8, 4) is 0 Å². The highest BCUT2D eigenvalue weighted by atomic mass is 19.3. The molecule has 1 aliphatic heterocycles. The van der Waals surface area contributed by atoms with Crippen molar-refractivity contribution < 1.29 is 24.1 Å². The van der Waals surface area contributed by atoms with Crippen LogP contribution in [0.5, 0.6) is 0 Å². The minimum Gasteiger partial charge on any atom is -0.393 e. The van der Waals surface area contributed by atoms with Crippen molar-refractivity contribution >= 4 is 0 Å². The Hall–Kier alpha value is -1.08. The number of aliphatic hydroxyl groups excluding tert-OH is 2. The molecule has 0 aromatic rings. The smallest absolute Gasteiger partial charge is 0.266 e. The second kappa shape index (κ2) is 10.1. The van der Waals surface area contributed by atoms with Gasteiger partial charge >= 0.3 is 0 Å². The zero-order valence-electron chi connectivity index (χ0n) is 20.9. The highest BCUT2D eigenvalue weighted by Crippen LogP contribution is 2.59. The molecule has 0 aromatic heterocycles. The fraction of sp³-hybridized carbons (Fsp3) is 0.786. The van der Waals surface area contributed by atoms with Gasteiger partial charge in [-0.2, -0.15) is 0 Å². The Labute approximate surface area is 203 Å². The fourth-order valence-electron chi connectivity index (χ4n) is 7.55. The quantitative estimate of drug-likeness (QED) is 0.527. The topological polar surface area (TPSA) is 63.9 Å². The van der Waals surface area contributed by atoms with Gasteiger partial charge in [0, 0.05) is 26.1 Å². The summed E-state index contributed by atoms with van der Waals surface area (Å²) in [7, 11) is 0. The molecule has 4 aliphatic rings. The van der Waals surface area contributed by atoms with Crippen LogP contribution < -0.4 is 0 Å². The molecule has 0 radical (unpaired) electrons. The number of rotatable bonds is 5. The third-order valence-corrected chi connectivity index (χ3v) is 9.66. The van der Waals surface area contributed by atoms with E-state index in [2.05, 4.69) is 37.5 Å². The van der Waals surface area contributed by atoms with Gasteiger partial charge in [-0.15, -0.1) is 0 Å². The van der Waals surface area contributed by atoms with Gasteiger partial charge in [0.2, 0.25) is 0 Å². The molecule has 0 spiro atoms. The summed E-state index contributed by atoms with van der Waals surface area (Å²) in [5, 5.41) is 30.3. The van der Waals surface area contributed by atoms with E-state index in [4.69, 9.17) is 0 Å². The molecule has 3 saturated carbocycles. The van der Waals surface area contributed by atoms with Crippen LogP contribution in [-0.2, 0) is 0 Å². The van der Waals surface area contributed by atoms with E-state index < -0.39 is 24.2 Å². The zero-order valence-corrected chi connectivity index (χ0v) is 20.9. The number of alkyl halides is 2. The molecule has 0 aromatic carbocycles. The molecule has 1 unspecified atom stereocenters. The van der Waals surface area contributed by atoms with Crippen molar-refractivity contribution in [2.24, 2.45) is 23.2 Å². The van der Waals surface area contributed by atoms with Crippen molar-refractivity contribution in [3.63, 3.8) is 0 Å². The normalized spacial score (nSPS) is 40.2. The third-order valence-electron chi connectivity index (χ3n) is 9.66. The first kappa shape index (κ1) is 26.0. The summed E-state index contributed by atoms with van der Waals surface area (Å²) in [6.45, 7) is 10.8. The molecule has 34 heavy (non-hydrogen) atoms. The Morgan fingerprint density at radius 2 is 1.85 bits per heavy atom. The minimum atomic E-state index is -2.67. The van der Waals surface area contributed by atoms with Crippen LogP contribution in [0.1, 0.15) is 71.6 Å². The summed E-state index contributed by atoms with van der Waals surface area (Å²) >= 11 is 0. The molecule has 0 amide bonds. The van der Waals surface area contributed by atoms with Crippen LogP contribution in [0.4, 0.5) is 8.78 Å². The van der Waals surface area contributed by atoms with Gasteiger partial charge in [0.25, 0.3) is 6.43 Å². The molecular formula is C28H43F2NO3. The van der Waals surface area contributed by atoms with Gasteiger partial charge in [0.15, 0.2) is 0 Å². The molecule has 0 bridgehead atoms. The van der Waals surface area contributed by atoms with Gasteiger partial charge in [-0.05, 0) is 85.7 Å². The number of halogens is 2. The SMILES string of the molecule is C=C1/C(=C\C=C2/CCC[C@@]3(C)C2CC[C@@H]3[C@@H](C)CN2CCC(O)(C(F)F)CC2)C[C@@H](O)C[C@@H]1O. The van der Waals surface area contributed by atoms with Crippen molar-refractivity contribution in [3.05, 3.63) is 35.5 Å². The van der Waals surface area contributed by atoms with Gasteiger partial charge in [0.1, 0.15) is 5.60 Å². The summed E-state index contributed by atoms with van der Waals surface area (Å²) < 4.78 is 26.3. The molecule has 3 N–H and O–H groups in total. The first-order chi connectivity index (χ1) is 16.0. The van der Waals surface area contributed by atoms with E-state index in [1.165, 1.54) is 31.3 Å². The van der Waals surface area contributed by atoms with Gasteiger partial charge in [0.05, 0.1) is 12.2 Å². The lowest BCUT2D eigenvalue weighted by Crippen LogP contribution is -2.50. The van der Waals surface area contributed by atoms with Gasteiger partial charge in [-0.1, -0.05) is 38.2 Å². The summed E-state index contributed by atoms with van der Waals surface area (Å²) in [4.78, 5) is 2.27. The van der Waals surface area contributed by atoms with E-state index in [0.717, 1.165) is 24.1 Å². The summed E-state index contributed by atoms with van der Waals surface area (Å²) in [6, 6.07) is 0. The highest BCUT2D eigenvalue weighted by molar-refractivity contribution is 5.38. The third kappa shape index (κ3) is 5.07. The first-order valence-electron chi connectivity index (χ1n) is 13.2. The minimum absolute atomic E-state index is 0.151. The van der Waals surface area contributed by atoms with E-state index in [0.29, 0.717) is 43.7 Å². The lowest BCUT2D eigenvalue weighted by molar-refractivity contribution is -0.128. The van der Waals surface area contributed by atoms with Crippen LogP contribution in [0, 0.1) is 23.2 Å². The molecule has 4 fully saturated rings. The van der Waals surface area contributed by atoms with Crippen LogP contribution >= 0.6 is 0 Å².